The minimum Gasteiger partial charge on any atom is -0.352 e. The Balaban J connectivity index is 1.49. The number of nitrogens with zero attached hydrogens (tertiary/aromatic N) is 2. The van der Waals surface area contributed by atoms with Crippen LogP contribution in [0, 0.1) is 0 Å². The highest BCUT2D eigenvalue weighted by Gasteiger charge is 2.15. The lowest BCUT2D eigenvalue weighted by Gasteiger charge is -2.20. The Morgan fingerprint density at radius 3 is 2.74 bits per heavy atom. The first-order valence-electron chi connectivity index (χ1n) is 8.23. The summed E-state index contributed by atoms with van der Waals surface area (Å²) in [6.07, 6.45) is 6.54. The molecule has 2 aromatic rings. The molecule has 0 bridgehead atoms. The van der Waals surface area contributed by atoms with Gasteiger partial charge in [-0.25, -0.2) is 4.98 Å². The summed E-state index contributed by atoms with van der Waals surface area (Å²) in [6.45, 7) is 2.07. The third kappa shape index (κ3) is 3.88. The molecule has 0 aliphatic carbocycles. The fourth-order valence-corrected chi connectivity index (χ4v) is 2.94. The zero-order valence-electron chi connectivity index (χ0n) is 13.2. The van der Waals surface area contributed by atoms with Gasteiger partial charge in [0, 0.05) is 31.6 Å². The molecule has 1 aromatic carbocycles. The van der Waals surface area contributed by atoms with Gasteiger partial charge in [-0.3, -0.25) is 9.59 Å². The highest BCUT2D eigenvalue weighted by molar-refractivity contribution is 5.97. The van der Waals surface area contributed by atoms with Crippen LogP contribution in [-0.4, -0.2) is 46.3 Å². The molecule has 3 rings (SSSR count). The van der Waals surface area contributed by atoms with Crippen molar-refractivity contribution in [3.05, 3.63) is 30.1 Å². The van der Waals surface area contributed by atoms with E-state index in [-0.39, 0.29) is 11.8 Å². The average molecular weight is 314 g/mol. The van der Waals surface area contributed by atoms with Gasteiger partial charge in [-0.05, 0) is 31.0 Å². The van der Waals surface area contributed by atoms with Crippen LogP contribution >= 0.6 is 0 Å². The predicted octanol–water partition coefficient (Wildman–Crippen LogP) is 2.09. The molecule has 1 saturated heterocycles. The second-order valence-electron chi connectivity index (χ2n) is 5.94. The van der Waals surface area contributed by atoms with Gasteiger partial charge < -0.3 is 15.2 Å². The minimum absolute atomic E-state index is 0.135. The molecular formula is C17H22N4O2. The smallest absolute Gasteiger partial charge is 0.251 e. The number of hydrogen-bond donors (Lipinski definition) is 2. The Hall–Kier alpha value is -2.37. The van der Waals surface area contributed by atoms with E-state index in [4.69, 9.17) is 0 Å². The molecule has 6 heteroatoms. The van der Waals surface area contributed by atoms with Crippen LogP contribution < -0.4 is 5.32 Å². The van der Waals surface area contributed by atoms with Crippen molar-refractivity contribution in [3.8, 4) is 0 Å². The van der Waals surface area contributed by atoms with Crippen LogP contribution in [0.25, 0.3) is 11.0 Å². The highest BCUT2D eigenvalue weighted by Crippen LogP contribution is 2.12. The Morgan fingerprint density at radius 1 is 1.17 bits per heavy atom. The molecule has 23 heavy (non-hydrogen) atoms. The van der Waals surface area contributed by atoms with Crippen LogP contribution in [0.15, 0.2) is 24.5 Å². The third-order valence-corrected chi connectivity index (χ3v) is 4.27. The van der Waals surface area contributed by atoms with Crippen LogP contribution in [0.2, 0.25) is 0 Å². The number of likely N-dealkylation sites (tertiary alicyclic amines) is 1. The molecule has 2 amide bonds. The number of nitrogens with one attached hydrogen (secondary N) is 2. The Labute approximate surface area is 135 Å². The molecule has 2 heterocycles. The normalized spacial score (nSPS) is 15.4. The van der Waals surface area contributed by atoms with Crippen LogP contribution in [0.1, 0.15) is 42.5 Å². The highest BCUT2D eigenvalue weighted by atomic mass is 16.2. The second-order valence-corrected chi connectivity index (χ2v) is 5.94. The lowest BCUT2D eigenvalue weighted by molar-refractivity contribution is -0.131. The topological polar surface area (TPSA) is 78.1 Å². The monoisotopic (exact) mass is 314 g/mol. The number of hydrogen-bond acceptors (Lipinski definition) is 3. The van der Waals surface area contributed by atoms with E-state index in [0.29, 0.717) is 18.5 Å². The molecule has 1 fully saturated rings. The molecule has 1 aromatic heterocycles. The summed E-state index contributed by atoms with van der Waals surface area (Å²) in [4.78, 5) is 33.4. The van der Waals surface area contributed by atoms with Gasteiger partial charge in [0.05, 0.1) is 17.4 Å². The number of amides is 2. The summed E-state index contributed by atoms with van der Waals surface area (Å²) in [5, 5.41) is 2.82. The molecule has 0 atom stereocenters. The first kappa shape index (κ1) is 15.5. The Morgan fingerprint density at radius 2 is 1.96 bits per heavy atom. The Kier molecular flexibility index (Phi) is 4.90. The maximum Gasteiger partial charge on any atom is 0.251 e. The van der Waals surface area contributed by atoms with Crippen molar-refractivity contribution in [3.63, 3.8) is 0 Å². The van der Waals surface area contributed by atoms with Gasteiger partial charge in [0.15, 0.2) is 0 Å². The lowest BCUT2D eigenvalue weighted by Crippen LogP contribution is -2.35. The van der Waals surface area contributed by atoms with Gasteiger partial charge in [-0.2, -0.15) is 0 Å². The number of carbonyl (C=O) groups is 2. The Bertz CT molecular complexity index is 687. The third-order valence-electron chi connectivity index (χ3n) is 4.27. The fraction of sp³-hybridized carbons (Fsp3) is 0.471. The van der Waals surface area contributed by atoms with Gasteiger partial charge in [-0.1, -0.05) is 12.8 Å². The molecule has 122 valence electrons. The lowest BCUT2D eigenvalue weighted by atomic mass is 10.2. The van der Waals surface area contributed by atoms with Crippen LogP contribution in [0.4, 0.5) is 0 Å². The van der Waals surface area contributed by atoms with E-state index in [9.17, 15) is 9.59 Å². The van der Waals surface area contributed by atoms with E-state index in [0.717, 1.165) is 37.0 Å². The molecule has 1 aliphatic rings. The van der Waals surface area contributed by atoms with Crippen molar-refractivity contribution < 1.29 is 9.59 Å². The SMILES string of the molecule is O=C(NCCC(=O)N1CCCCCC1)c1ccc2nc[nH]c2c1. The van der Waals surface area contributed by atoms with Gasteiger partial charge in [-0.15, -0.1) is 0 Å². The van der Waals surface area contributed by atoms with Crippen molar-refractivity contribution in [2.24, 2.45) is 0 Å². The van der Waals surface area contributed by atoms with E-state index < -0.39 is 0 Å². The van der Waals surface area contributed by atoms with E-state index in [1.165, 1.54) is 12.8 Å². The first-order chi connectivity index (χ1) is 11.2. The van der Waals surface area contributed by atoms with Crippen LogP contribution in [0.3, 0.4) is 0 Å². The summed E-state index contributed by atoms with van der Waals surface area (Å²) in [7, 11) is 0. The molecule has 0 radical (unpaired) electrons. The quantitative estimate of drug-likeness (QED) is 0.907. The van der Waals surface area contributed by atoms with Gasteiger partial charge in [0.1, 0.15) is 0 Å². The number of benzene rings is 1. The van der Waals surface area contributed by atoms with Crippen LogP contribution in [0.5, 0.6) is 0 Å². The van der Waals surface area contributed by atoms with Gasteiger partial charge >= 0.3 is 0 Å². The molecule has 0 saturated carbocycles. The molecule has 6 nitrogen and oxygen atoms in total. The number of imidazole rings is 1. The number of H-pyrrole nitrogens is 1. The van der Waals surface area contributed by atoms with Crippen LogP contribution in [-0.2, 0) is 4.79 Å². The number of carbonyl (C=O) groups excluding carboxylic acids is 2. The van der Waals surface area contributed by atoms with E-state index in [1.54, 1.807) is 18.5 Å². The minimum atomic E-state index is -0.162. The summed E-state index contributed by atoms with van der Waals surface area (Å²) >= 11 is 0. The maximum absolute atomic E-state index is 12.2. The van der Waals surface area contributed by atoms with E-state index in [1.807, 2.05) is 11.0 Å². The fourth-order valence-electron chi connectivity index (χ4n) is 2.94. The molecule has 0 spiro atoms. The van der Waals surface area contributed by atoms with Crippen molar-refractivity contribution in [1.29, 1.82) is 0 Å². The number of fused-ring (bicyclic) bond motifs is 1. The zero-order chi connectivity index (χ0) is 16.1. The maximum atomic E-state index is 12.2. The number of aromatic nitrogens is 2. The van der Waals surface area contributed by atoms with Crippen molar-refractivity contribution in [2.45, 2.75) is 32.1 Å². The molecule has 1 aliphatic heterocycles. The molecule has 0 unspecified atom stereocenters. The summed E-state index contributed by atoms with van der Waals surface area (Å²) < 4.78 is 0. The van der Waals surface area contributed by atoms with E-state index in [2.05, 4.69) is 15.3 Å². The molecular weight excluding hydrogens is 292 g/mol. The summed E-state index contributed by atoms with van der Waals surface area (Å²) in [5.74, 6) is -0.0265. The molecule has 2 N–H and O–H groups in total. The summed E-state index contributed by atoms with van der Waals surface area (Å²) in [6, 6.07) is 5.33. The standard InChI is InChI=1S/C17H22N4O2/c22-16(21-9-3-1-2-4-10-21)7-8-18-17(23)13-5-6-14-15(11-13)20-12-19-14/h5-6,11-12H,1-4,7-10H2,(H,18,23)(H,19,20). The van der Waals surface area contributed by atoms with Crippen molar-refractivity contribution in [1.82, 2.24) is 20.2 Å². The first-order valence-corrected chi connectivity index (χ1v) is 8.23. The largest absolute Gasteiger partial charge is 0.352 e. The van der Waals surface area contributed by atoms with Crippen molar-refractivity contribution in [2.75, 3.05) is 19.6 Å². The zero-order valence-corrected chi connectivity index (χ0v) is 13.2. The second kappa shape index (κ2) is 7.26. The predicted molar refractivity (Wildman–Crippen MR) is 88.1 cm³/mol. The average Bonchev–Trinajstić information content (AvgIpc) is 2.86. The van der Waals surface area contributed by atoms with E-state index >= 15 is 0 Å². The van der Waals surface area contributed by atoms with Crippen molar-refractivity contribution >= 4 is 22.8 Å². The van der Waals surface area contributed by atoms with Gasteiger partial charge in [0.2, 0.25) is 5.91 Å². The summed E-state index contributed by atoms with van der Waals surface area (Å²) in [5.41, 5.74) is 2.24. The number of rotatable bonds is 4. The van der Waals surface area contributed by atoms with Gasteiger partial charge in [0.25, 0.3) is 5.91 Å². The number of aromatic amines is 1.